The quantitative estimate of drug-likeness (QED) is 0.184. The molecule has 2 N–H and O–H groups in total. The Balaban J connectivity index is 1.34. The van der Waals surface area contributed by atoms with Crippen molar-refractivity contribution in [3.63, 3.8) is 0 Å². The summed E-state index contributed by atoms with van der Waals surface area (Å²) in [6.07, 6.45) is 2.90. The number of benzene rings is 3. The molecule has 1 heterocycles. The van der Waals surface area contributed by atoms with Crippen LogP contribution in [0, 0.1) is 5.82 Å². The molecule has 0 aliphatic heterocycles. The Bertz CT molecular complexity index is 1780. The summed E-state index contributed by atoms with van der Waals surface area (Å²) in [5.41, 5.74) is 3.30. The first kappa shape index (κ1) is 31.2. The molecule has 10 nitrogen and oxygen atoms in total. The van der Waals surface area contributed by atoms with Crippen molar-refractivity contribution in [2.45, 2.75) is 25.4 Å². The second-order valence-electron chi connectivity index (χ2n) is 10.6. The molecule has 0 saturated heterocycles. The number of nitrogens with one attached hydrogen (secondary N) is 1. The molecule has 1 aromatic heterocycles. The van der Waals surface area contributed by atoms with Crippen molar-refractivity contribution in [3.05, 3.63) is 88.7 Å². The highest BCUT2D eigenvalue weighted by molar-refractivity contribution is 7.92. The minimum Gasteiger partial charge on any atom is -0.478 e. The van der Waals surface area contributed by atoms with Crippen LogP contribution in [0.15, 0.2) is 65.1 Å². The number of sulfonamides is 1. The molecule has 3 aromatic carbocycles. The zero-order chi connectivity index (χ0) is 31.4. The summed E-state index contributed by atoms with van der Waals surface area (Å²) in [5, 5.41) is 12.3. The van der Waals surface area contributed by atoms with Crippen molar-refractivity contribution in [1.29, 1.82) is 0 Å². The predicted molar refractivity (Wildman–Crippen MR) is 163 cm³/mol. The molecule has 0 radical (unpaired) electrons. The van der Waals surface area contributed by atoms with Gasteiger partial charge < -0.3 is 24.3 Å². The van der Waals surface area contributed by atoms with Crippen LogP contribution in [-0.4, -0.2) is 65.1 Å². The van der Waals surface area contributed by atoms with Crippen LogP contribution >= 0.6 is 0 Å². The van der Waals surface area contributed by atoms with E-state index < -0.39 is 21.8 Å². The average molecular weight is 625 g/mol. The van der Waals surface area contributed by atoms with Gasteiger partial charge in [-0.2, -0.15) is 0 Å². The van der Waals surface area contributed by atoms with E-state index in [0.29, 0.717) is 27.8 Å². The summed E-state index contributed by atoms with van der Waals surface area (Å²) in [6, 6.07) is 15.6. The maximum atomic E-state index is 13.6. The third-order valence-corrected chi connectivity index (χ3v) is 8.52. The first-order valence-electron chi connectivity index (χ1n) is 14.1. The summed E-state index contributed by atoms with van der Waals surface area (Å²) in [6.45, 7) is 0.787. The van der Waals surface area contributed by atoms with Gasteiger partial charge >= 0.3 is 5.97 Å². The van der Waals surface area contributed by atoms with E-state index in [2.05, 4.69) is 5.32 Å². The number of halogens is 1. The van der Waals surface area contributed by atoms with Gasteiger partial charge in [-0.3, -0.25) is 9.10 Å². The first-order chi connectivity index (χ1) is 21.1. The molecule has 1 aliphatic carbocycles. The van der Waals surface area contributed by atoms with E-state index >= 15 is 0 Å². The number of carbonyl (C=O) groups is 2. The summed E-state index contributed by atoms with van der Waals surface area (Å²) < 4.78 is 58.4. The van der Waals surface area contributed by atoms with Crippen molar-refractivity contribution in [1.82, 2.24) is 5.32 Å². The van der Waals surface area contributed by atoms with Crippen molar-refractivity contribution in [2.75, 3.05) is 44.0 Å². The normalized spacial score (nSPS) is 13.2. The van der Waals surface area contributed by atoms with Gasteiger partial charge in [0.25, 0.3) is 5.91 Å². The van der Waals surface area contributed by atoms with Crippen LogP contribution < -0.4 is 9.62 Å². The van der Waals surface area contributed by atoms with Gasteiger partial charge in [-0.1, -0.05) is 12.1 Å². The highest BCUT2D eigenvalue weighted by Gasteiger charge is 2.33. The summed E-state index contributed by atoms with van der Waals surface area (Å²) in [7, 11) is -2.22. The van der Waals surface area contributed by atoms with E-state index in [1.54, 1.807) is 24.3 Å². The summed E-state index contributed by atoms with van der Waals surface area (Å²) in [5.74, 6) is -1.41. The van der Waals surface area contributed by atoms with Gasteiger partial charge in [0.2, 0.25) is 10.0 Å². The molecule has 0 atom stereocenters. The Morgan fingerprint density at radius 2 is 1.77 bits per heavy atom. The molecule has 0 spiro atoms. The molecule has 1 aliphatic rings. The summed E-state index contributed by atoms with van der Waals surface area (Å²) >= 11 is 0. The van der Waals surface area contributed by atoms with Crippen LogP contribution in [0.5, 0.6) is 0 Å². The first-order valence-corrected chi connectivity index (χ1v) is 16.0. The van der Waals surface area contributed by atoms with E-state index in [0.717, 1.165) is 30.2 Å². The number of aromatic carboxylic acids is 1. The average Bonchev–Trinajstić information content (AvgIpc) is 3.77. The molecule has 232 valence electrons. The monoisotopic (exact) mass is 624 g/mol. The van der Waals surface area contributed by atoms with Gasteiger partial charge in [-0.25, -0.2) is 17.6 Å². The van der Waals surface area contributed by atoms with Crippen molar-refractivity contribution in [2.24, 2.45) is 0 Å². The van der Waals surface area contributed by atoms with Gasteiger partial charge in [-0.15, -0.1) is 0 Å². The lowest BCUT2D eigenvalue weighted by Crippen LogP contribution is -2.34. The Morgan fingerprint density at radius 3 is 2.43 bits per heavy atom. The molecule has 1 saturated carbocycles. The van der Waals surface area contributed by atoms with Crippen LogP contribution in [0.2, 0.25) is 0 Å². The number of ether oxygens (including phenoxy) is 2. The molecule has 44 heavy (non-hydrogen) atoms. The van der Waals surface area contributed by atoms with Crippen LogP contribution in [0.3, 0.4) is 0 Å². The SMILES string of the molecule is CNC(=O)c1c(-c2ccc(F)cc2)oc2cc(N(CCOCCOCc3cccc(C(=O)O)c3)S(C)(=O)=O)c(C3CC3)cc12. The zero-order valence-electron chi connectivity index (χ0n) is 24.3. The maximum absolute atomic E-state index is 13.6. The number of carboxylic acid groups (broad SMARTS) is 1. The number of hydrogen-bond donors (Lipinski definition) is 2. The number of anilines is 1. The van der Waals surface area contributed by atoms with E-state index in [1.807, 2.05) is 6.07 Å². The highest BCUT2D eigenvalue weighted by Crippen LogP contribution is 2.48. The number of carboxylic acids is 1. The number of furan rings is 1. The molecule has 0 bridgehead atoms. The number of rotatable bonds is 14. The second-order valence-corrected chi connectivity index (χ2v) is 12.5. The van der Waals surface area contributed by atoms with Gasteiger partial charge in [0.1, 0.15) is 17.2 Å². The number of nitrogens with zero attached hydrogens (tertiary/aromatic N) is 1. The zero-order valence-corrected chi connectivity index (χ0v) is 25.2. The Morgan fingerprint density at radius 1 is 1.05 bits per heavy atom. The molecular weight excluding hydrogens is 591 g/mol. The lowest BCUT2D eigenvalue weighted by molar-refractivity contribution is 0.0435. The van der Waals surface area contributed by atoms with Crippen molar-refractivity contribution < 1.29 is 41.4 Å². The van der Waals surface area contributed by atoms with Crippen LogP contribution in [0.1, 0.15) is 50.6 Å². The smallest absolute Gasteiger partial charge is 0.335 e. The molecular formula is C32H33FN2O8S. The second kappa shape index (κ2) is 13.2. The maximum Gasteiger partial charge on any atom is 0.335 e. The molecule has 4 aromatic rings. The van der Waals surface area contributed by atoms with E-state index in [1.165, 1.54) is 41.7 Å². The highest BCUT2D eigenvalue weighted by atomic mass is 32.2. The number of fused-ring (bicyclic) bond motifs is 1. The Hall–Kier alpha value is -4.26. The third kappa shape index (κ3) is 7.09. The number of hydrogen-bond acceptors (Lipinski definition) is 7. The number of carbonyl (C=O) groups excluding carboxylic acids is 1. The van der Waals surface area contributed by atoms with Gasteiger partial charge in [0, 0.05) is 24.1 Å². The van der Waals surface area contributed by atoms with Crippen LogP contribution in [0.25, 0.3) is 22.3 Å². The van der Waals surface area contributed by atoms with Gasteiger partial charge in [0.15, 0.2) is 0 Å². The molecule has 12 heteroatoms. The standard InChI is InChI=1S/C32H33FN2O8S/c1-34-31(36)29-26-17-25(21-6-7-21)27(18-28(26)43-30(29)22-8-10-24(33)11-9-22)35(44(2,39)40)12-13-41-14-15-42-19-20-4-3-5-23(16-20)32(37)38/h3-5,8-11,16-18,21H,6-7,12-15,19H2,1-2H3,(H,34,36)(H,37,38). The fourth-order valence-electron chi connectivity index (χ4n) is 5.06. The molecule has 1 fully saturated rings. The molecule has 1 amide bonds. The van der Waals surface area contributed by atoms with Crippen molar-refractivity contribution in [3.8, 4) is 11.3 Å². The van der Waals surface area contributed by atoms with E-state index in [-0.39, 0.29) is 56.1 Å². The van der Waals surface area contributed by atoms with Crippen LogP contribution in [-0.2, 0) is 26.1 Å². The van der Waals surface area contributed by atoms with Crippen molar-refractivity contribution >= 4 is 38.6 Å². The molecule has 5 rings (SSSR count). The third-order valence-electron chi connectivity index (χ3n) is 7.34. The largest absolute Gasteiger partial charge is 0.478 e. The molecule has 0 unspecified atom stereocenters. The predicted octanol–water partition coefficient (Wildman–Crippen LogP) is 5.17. The lowest BCUT2D eigenvalue weighted by atomic mass is 10.0. The van der Waals surface area contributed by atoms with Gasteiger partial charge in [0.05, 0.1) is 56.0 Å². The summed E-state index contributed by atoms with van der Waals surface area (Å²) in [4.78, 5) is 24.1. The fraction of sp³-hybridized carbons (Fsp3) is 0.312. The Labute approximate surface area is 254 Å². The van der Waals surface area contributed by atoms with Gasteiger partial charge in [-0.05, 0) is 72.4 Å². The van der Waals surface area contributed by atoms with E-state index in [4.69, 9.17) is 19.0 Å². The topological polar surface area (TPSA) is 135 Å². The fourth-order valence-corrected chi connectivity index (χ4v) is 5.98. The number of amides is 1. The minimum atomic E-state index is -3.73. The van der Waals surface area contributed by atoms with E-state index in [9.17, 15) is 22.4 Å². The lowest BCUT2D eigenvalue weighted by Gasteiger charge is -2.25. The van der Waals surface area contributed by atoms with Crippen LogP contribution in [0.4, 0.5) is 10.1 Å². The Kier molecular flexibility index (Phi) is 9.33. The minimum absolute atomic E-state index is 0.0402.